The zero-order valence-corrected chi connectivity index (χ0v) is 13.5. The van der Waals surface area contributed by atoms with Gasteiger partial charge in [0.15, 0.2) is 0 Å². The average Bonchev–Trinajstić information content (AvgIpc) is 2.43. The van der Waals surface area contributed by atoms with Crippen molar-refractivity contribution >= 4 is 11.9 Å². The van der Waals surface area contributed by atoms with Crippen LogP contribution in [-0.2, 0) is 9.59 Å². The predicted octanol–water partition coefficient (Wildman–Crippen LogP) is 2.00. The van der Waals surface area contributed by atoms with Gasteiger partial charge >= 0.3 is 5.97 Å². The summed E-state index contributed by atoms with van der Waals surface area (Å²) in [6, 6.07) is 0. The molecule has 0 bridgehead atoms. The van der Waals surface area contributed by atoms with Crippen LogP contribution in [0.15, 0.2) is 0 Å². The summed E-state index contributed by atoms with van der Waals surface area (Å²) in [6.07, 6.45) is 3.84. The largest absolute Gasteiger partial charge is 0.481 e. The highest BCUT2D eigenvalue weighted by molar-refractivity contribution is 5.81. The van der Waals surface area contributed by atoms with E-state index in [9.17, 15) is 14.7 Å². The summed E-state index contributed by atoms with van der Waals surface area (Å²) in [7, 11) is 0. The lowest BCUT2D eigenvalue weighted by Gasteiger charge is -2.36. The number of amides is 1. The number of aliphatic carboxylic acids is 1. The molecule has 0 aromatic heterocycles. The second-order valence-corrected chi connectivity index (χ2v) is 7.05. The van der Waals surface area contributed by atoms with E-state index in [0.29, 0.717) is 31.2 Å². The molecule has 1 fully saturated rings. The van der Waals surface area contributed by atoms with E-state index in [4.69, 9.17) is 5.73 Å². The SMILES string of the molecule is CC(C)CC(CN)C(=O)NCC1(C(=O)O)CCC(C)CC1. The Morgan fingerprint density at radius 2 is 1.90 bits per heavy atom. The van der Waals surface area contributed by atoms with Crippen LogP contribution in [0.1, 0.15) is 52.9 Å². The molecule has 0 heterocycles. The van der Waals surface area contributed by atoms with E-state index in [1.165, 1.54) is 0 Å². The van der Waals surface area contributed by atoms with E-state index in [-0.39, 0.29) is 18.4 Å². The molecule has 5 nitrogen and oxygen atoms in total. The molecule has 0 aromatic rings. The van der Waals surface area contributed by atoms with Gasteiger partial charge in [0.1, 0.15) is 0 Å². The van der Waals surface area contributed by atoms with Gasteiger partial charge in [-0.15, -0.1) is 0 Å². The smallest absolute Gasteiger partial charge is 0.311 e. The molecule has 0 radical (unpaired) electrons. The highest BCUT2D eigenvalue weighted by atomic mass is 16.4. The maximum atomic E-state index is 12.2. The van der Waals surface area contributed by atoms with E-state index >= 15 is 0 Å². The van der Waals surface area contributed by atoms with Crippen LogP contribution in [-0.4, -0.2) is 30.1 Å². The third-order valence-electron chi connectivity index (χ3n) is 4.70. The molecule has 1 aliphatic carbocycles. The van der Waals surface area contributed by atoms with Crippen LogP contribution in [0.25, 0.3) is 0 Å². The van der Waals surface area contributed by atoms with Crippen LogP contribution in [0, 0.1) is 23.2 Å². The van der Waals surface area contributed by atoms with Crippen molar-refractivity contribution in [3.05, 3.63) is 0 Å². The Bertz CT molecular complexity index is 361. The molecule has 1 atom stereocenters. The molecule has 1 unspecified atom stereocenters. The van der Waals surface area contributed by atoms with Crippen molar-refractivity contribution in [1.82, 2.24) is 5.32 Å². The third kappa shape index (κ3) is 4.99. The fourth-order valence-corrected chi connectivity index (χ4v) is 3.06. The summed E-state index contributed by atoms with van der Waals surface area (Å²) in [6.45, 7) is 6.79. The third-order valence-corrected chi connectivity index (χ3v) is 4.70. The summed E-state index contributed by atoms with van der Waals surface area (Å²) in [5, 5.41) is 12.4. The number of carboxylic acid groups (broad SMARTS) is 1. The minimum atomic E-state index is -0.793. The molecule has 1 rings (SSSR count). The number of rotatable bonds is 7. The number of hydrogen-bond acceptors (Lipinski definition) is 3. The van der Waals surface area contributed by atoms with Crippen molar-refractivity contribution < 1.29 is 14.7 Å². The first-order chi connectivity index (χ1) is 9.80. The van der Waals surface area contributed by atoms with Gasteiger partial charge in [-0.3, -0.25) is 9.59 Å². The second kappa shape index (κ2) is 7.78. The molecule has 0 aliphatic heterocycles. The summed E-state index contributed by atoms with van der Waals surface area (Å²) in [5.41, 5.74) is 4.87. The lowest BCUT2D eigenvalue weighted by molar-refractivity contribution is -0.151. The van der Waals surface area contributed by atoms with Crippen LogP contribution in [0.3, 0.4) is 0 Å². The Labute approximate surface area is 127 Å². The van der Waals surface area contributed by atoms with Crippen molar-refractivity contribution in [3.8, 4) is 0 Å². The monoisotopic (exact) mass is 298 g/mol. The van der Waals surface area contributed by atoms with Gasteiger partial charge in [-0.05, 0) is 43.9 Å². The number of carbonyl (C=O) groups excluding carboxylic acids is 1. The quantitative estimate of drug-likeness (QED) is 0.670. The summed E-state index contributed by atoms with van der Waals surface area (Å²) in [5.74, 6) is -0.147. The Balaban J connectivity index is 2.61. The first-order valence-corrected chi connectivity index (χ1v) is 8.02. The summed E-state index contributed by atoms with van der Waals surface area (Å²) >= 11 is 0. The highest BCUT2D eigenvalue weighted by Crippen LogP contribution is 2.38. The van der Waals surface area contributed by atoms with E-state index in [0.717, 1.165) is 19.3 Å². The van der Waals surface area contributed by atoms with Crippen LogP contribution < -0.4 is 11.1 Å². The zero-order chi connectivity index (χ0) is 16.0. The number of nitrogens with two attached hydrogens (primary N) is 1. The minimum absolute atomic E-state index is 0.106. The van der Waals surface area contributed by atoms with Crippen LogP contribution >= 0.6 is 0 Å². The summed E-state index contributed by atoms with van der Waals surface area (Å²) in [4.78, 5) is 23.8. The van der Waals surface area contributed by atoms with Crippen molar-refractivity contribution in [2.45, 2.75) is 52.9 Å². The van der Waals surface area contributed by atoms with Crippen molar-refractivity contribution in [2.24, 2.45) is 28.9 Å². The molecule has 0 spiro atoms. The topological polar surface area (TPSA) is 92.4 Å². The van der Waals surface area contributed by atoms with Crippen molar-refractivity contribution in [1.29, 1.82) is 0 Å². The molecule has 4 N–H and O–H groups in total. The Kier molecular flexibility index (Phi) is 6.65. The molecule has 1 aliphatic rings. The average molecular weight is 298 g/mol. The standard InChI is InChI=1S/C16H30N2O3/c1-11(2)8-13(9-17)14(19)18-10-16(15(20)21)6-4-12(3)5-7-16/h11-13H,4-10,17H2,1-3H3,(H,18,19)(H,20,21). The minimum Gasteiger partial charge on any atom is -0.481 e. The molecular formula is C16H30N2O3. The molecule has 21 heavy (non-hydrogen) atoms. The van der Waals surface area contributed by atoms with Gasteiger partial charge in [0.25, 0.3) is 0 Å². The number of carboxylic acids is 1. The molecule has 122 valence electrons. The zero-order valence-electron chi connectivity index (χ0n) is 13.5. The van der Waals surface area contributed by atoms with Gasteiger partial charge in [0, 0.05) is 13.1 Å². The number of hydrogen-bond donors (Lipinski definition) is 3. The van der Waals surface area contributed by atoms with Crippen molar-refractivity contribution in [2.75, 3.05) is 13.1 Å². The van der Waals surface area contributed by atoms with Crippen LogP contribution in [0.2, 0.25) is 0 Å². The van der Waals surface area contributed by atoms with Gasteiger partial charge in [0.2, 0.25) is 5.91 Å². The Morgan fingerprint density at radius 3 is 2.33 bits per heavy atom. The second-order valence-electron chi connectivity index (χ2n) is 7.05. The normalized spacial score (nSPS) is 27.4. The van der Waals surface area contributed by atoms with Gasteiger partial charge in [-0.1, -0.05) is 20.8 Å². The first-order valence-electron chi connectivity index (χ1n) is 8.02. The van der Waals surface area contributed by atoms with Crippen LogP contribution in [0.4, 0.5) is 0 Å². The first kappa shape index (κ1) is 18.0. The highest BCUT2D eigenvalue weighted by Gasteiger charge is 2.41. The molecule has 1 amide bonds. The lowest BCUT2D eigenvalue weighted by Crippen LogP contribution is -2.47. The van der Waals surface area contributed by atoms with Gasteiger partial charge < -0.3 is 16.2 Å². The van der Waals surface area contributed by atoms with Gasteiger partial charge in [0.05, 0.1) is 11.3 Å². The fourth-order valence-electron chi connectivity index (χ4n) is 3.06. The maximum absolute atomic E-state index is 12.2. The molecule has 1 saturated carbocycles. The van der Waals surface area contributed by atoms with E-state index < -0.39 is 11.4 Å². The molecule has 0 aromatic carbocycles. The Morgan fingerprint density at radius 1 is 1.33 bits per heavy atom. The van der Waals surface area contributed by atoms with E-state index in [1.54, 1.807) is 0 Å². The number of nitrogens with one attached hydrogen (secondary N) is 1. The molecule has 5 heteroatoms. The van der Waals surface area contributed by atoms with Gasteiger partial charge in [-0.2, -0.15) is 0 Å². The fraction of sp³-hybridized carbons (Fsp3) is 0.875. The van der Waals surface area contributed by atoms with Gasteiger partial charge in [-0.25, -0.2) is 0 Å². The maximum Gasteiger partial charge on any atom is 0.311 e. The predicted molar refractivity (Wildman–Crippen MR) is 82.7 cm³/mol. The molecule has 0 saturated heterocycles. The number of carbonyl (C=O) groups is 2. The lowest BCUT2D eigenvalue weighted by atomic mass is 9.70. The van der Waals surface area contributed by atoms with Crippen molar-refractivity contribution in [3.63, 3.8) is 0 Å². The van der Waals surface area contributed by atoms with E-state index in [2.05, 4.69) is 26.1 Å². The molecular weight excluding hydrogens is 268 g/mol. The Hall–Kier alpha value is -1.10. The summed E-state index contributed by atoms with van der Waals surface area (Å²) < 4.78 is 0. The van der Waals surface area contributed by atoms with E-state index in [1.807, 2.05) is 0 Å². The van der Waals surface area contributed by atoms with Crippen LogP contribution in [0.5, 0.6) is 0 Å².